The monoisotopic (exact) mass is 332 g/mol. The molecule has 6 nitrogen and oxygen atoms in total. The van der Waals surface area contributed by atoms with Crippen molar-refractivity contribution >= 4 is 15.9 Å². The summed E-state index contributed by atoms with van der Waals surface area (Å²) in [4.78, 5) is 13.7. The Labute approximate surface area is 133 Å². The summed E-state index contributed by atoms with van der Waals surface area (Å²) >= 11 is 0. The topological polar surface area (TPSA) is 66.9 Å². The van der Waals surface area contributed by atoms with Gasteiger partial charge in [0.1, 0.15) is 6.61 Å². The van der Waals surface area contributed by atoms with Crippen molar-refractivity contribution in [3.63, 3.8) is 0 Å². The van der Waals surface area contributed by atoms with Gasteiger partial charge in [0.15, 0.2) is 0 Å². The molecule has 0 bridgehead atoms. The van der Waals surface area contributed by atoms with Crippen molar-refractivity contribution in [3.8, 4) is 0 Å². The van der Waals surface area contributed by atoms with Crippen molar-refractivity contribution in [2.75, 3.05) is 39.9 Å². The zero-order valence-corrected chi connectivity index (χ0v) is 14.6. The first kappa shape index (κ1) is 17.7. The fraction of sp³-hybridized carbons (Fsp3) is 0.933. The predicted molar refractivity (Wildman–Crippen MR) is 84.9 cm³/mol. The van der Waals surface area contributed by atoms with E-state index in [1.807, 2.05) is 0 Å². The minimum Gasteiger partial charge on any atom is -0.375 e. The molecule has 1 amide bonds. The lowest BCUT2D eigenvalue weighted by Crippen LogP contribution is -2.36. The van der Waals surface area contributed by atoms with Crippen LogP contribution in [-0.2, 0) is 19.6 Å². The van der Waals surface area contributed by atoms with Gasteiger partial charge in [0.05, 0.1) is 5.25 Å². The fourth-order valence-corrected chi connectivity index (χ4v) is 5.63. The van der Waals surface area contributed by atoms with Gasteiger partial charge >= 0.3 is 0 Å². The second-order valence-electron chi connectivity index (χ2n) is 6.78. The van der Waals surface area contributed by atoms with Crippen molar-refractivity contribution in [1.29, 1.82) is 0 Å². The molecule has 2 saturated heterocycles. The van der Waals surface area contributed by atoms with E-state index in [4.69, 9.17) is 4.74 Å². The zero-order valence-electron chi connectivity index (χ0n) is 13.8. The van der Waals surface area contributed by atoms with Gasteiger partial charge in [-0.25, -0.2) is 12.7 Å². The average Bonchev–Trinajstić information content (AvgIpc) is 2.60. The van der Waals surface area contributed by atoms with E-state index in [1.54, 1.807) is 9.21 Å². The summed E-state index contributed by atoms with van der Waals surface area (Å²) in [7, 11) is -1.70. The number of carbonyl (C=O) groups excluding carboxylic acids is 1. The number of hydrogen-bond acceptors (Lipinski definition) is 4. The minimum atomic E-state index is -3.20. The molecule has 0 aliphatic carbocycles. The SMILES string of the molecule is COCC(=O)N1CC[C@@H]2CN(CCC(C)C)S(=O)(=O)[C@@H]2CC1. The molecular weight excluding hydrogens is 304 g/mol. The molecule has 22 heavy (non-hydrogen) atoms. The predicted octanol–water partition coefficient (Wildman–Crippen LogP) is 0.932. The number of likely N-dealkylation sites (tertiary alicyclic amines) is 1. The number of ether oxygens (including phenoxy) is 1. The lowest BCUT2D eigenvalue weighted by atomic mass is 10.0. The minimum absolute atomic E-state index is 0.0449. The highest BCUT2D eigenvalue weighted by atomic mass is 32.2. The molecule has 2 aliphatic heterocycles. The number of carbonyl (C=O) groups is 1. The van der Waals surface area contributed by atoms with E-state index in [0.717, 1.165) is 12.8 Å². The molecule has 2 aliphatic rings. The average molecular weight is 332 g/mol. The molecule has 0 aromatic heterocycles. The summed E-state index contributed by atoms with van der Waals surface area (Å²) in [5, 5.41) is -0.319. The van der Waals surface area contributed by atoms with Crippen LogP contribution < -0.4 is 0 Å². The summed E-state index contributed by atoms with van der Waals surface area (Å²) in [6.45, 7) is 6.69. The van der Waals surface area contributed by atoms with Crippen molar-refractivity contribution in [2.24, 2.45) is 11.8 Å². The van der Waals surface area contributed by atoms with E-state index in [0.29, 0.717) is 38.5 Å². The van der Waals surface area contributed by atoms with Crippen molar-refractivity contribution in [1.82, 2.24) is 9.21 Å². The summed E-state index contributed by atoms with van der Waals surface area (Å²) in [6.07, 6.45) is 2.20. The normalized spacial score (nSPS) is 28.6. The molecule has 0 spiro atoms. The zero-order chi connectivity index (χ0) is 16.3. The molecule has 7 heteroatoms. The van der Waals surface area contributed by atoms with Gasteiger partial charge in [-0.15, -0.1) is 0 Å². The number of nitrogens with zero attached hydrogens (tertiary/aromatic N) is 2. The van der Waals surface area contributed by atoms with Crippen molar-refractivity contribution in [2.45, 2.75) is 38.4 Å². The maximum Gasteiger partial charge on any atom is 0.248 e. The molecule has 2 atom stereocenters. The summed E-state index contributed by atoms with van der Waals surface area (Å²) in [6, 6.07) is 0. The number of sulfonamides is 1. The highest BCUT2D eigenvalue weighted by Gasteiger charge is 2.46. The third-order valence-electron chi connectivity index (χ3n) is 4.74. The first-order valence-corrected chi connectivity index (χ1v) is 9.62. The lowest BCUT2D eigenvalue weighted by Gasteiger charge is -2.22. The van der Waals surface area contributed by atoms with Gasteiger partial charge < -0.3 is 9.64 Å². The van der Waals surface area contributed by atoms with E-state index >= 15 is 0 Å². The maximum atomic E-state index is 12.7. The quantitative estimate of drug-likeness (QED) is 0.751. The summed E-state index contributed by atoms with van der Waals surface area (Å²) in [5.41, 5.74) is 0. The molecule has 0 radical (unpaired) electrons. The van der Waals surface area contributed by atoms with Gasteiger partial charge in [0, 0.05) is 33.3 Å². The largest absolute Gasteiger partial charge is 0.375 e. The van der Waals surface area contributed by atoms with Crippen LogP contribution in [0, 0.1) is 11.8 Å². The Balaban J connectivity index is 2.01. The standard InChI is InChI=1S/C15H28N2O4S/c1-12(2)4-9-17-10-13-5-7-16(15(18)11-21-3)8-6-14(13)22(17,19)20/h12-14H,4-11H2,1-3H3/t13-,14-/m1/s1. The van der Waals surface area contributed by atoms with Gasteiger partial charge in [-0.1, -0.05) is 13.8 Å². The molecule has 2 heterocycles. The van der Waals surface area contributed by atoms with Crippen molar-refractivity contribution in [3.05, 3.63) is 0 Å². The van der Waals surface area contributed by atoms with Crippen LogP contribution in [0.25, 0.3) is 0 Å². The highest BCUT2D eigenvalue weighted by molar-refractivity contribution is 7.90. The van der Waals surface area contributed by atoms with Gasteiger partial charge in [-0.05, 0) is 31.1 Å². The fourth-order valence-electron chi connectivity index (χ4n) is 3.38. The van der Waals surface area contributed by atoms with Crippen molar-refractivity contribution < 1.29 is 17.9 Å². The first-order valence-electron chi connectivity index (χ1n) is 8.12. The molecule has 0 unspecified atom stereocenters. The van der Waals surface area contributed by atoms with Crippen LogP contribution in [0.15, 0.2) is 0 Å². The summed E-state index contributed by atoms with van der Waals surface area (Å²) in [5.74, 6) is 0.608. The van der Waals surface area contributed by atoms with E-state index in [2.05, 4.69) is 13.8 Å². The molecule has 2 fully saturated rings. The van der Waals surface area contributed by atoms with E-state index in [-0.39, 0.29) is 23.7 Å². The molecule has 0 aromatic carbocycles. The van der Waals surface area contributed by atoms with Gasteiger partial charge in [-0.3, -0.25) is 4.79 Å². The van der Waals surface area contributed by atoms with Crippen LogP contribution in [-0.4, -0.2) is 68.7 Å². The Morgan fingerprint density at radius 2 is 1.95 bits per heavy atom. The molecule has 0 aromatic rings. The molecule has 0 N–H and O–H groups in total. The Morgan fingerprint density at radius 3 is 2.59 bits per heavy atom. The molecule has 128 valence electrons. The Hall–Kier alpha value is -0.660. The lowest BCUT2D eigenvalue weighted by molar-refractivity contribution is -0.135. The highest BCUT2D eigenvalue weighted by Crippen LogP contribution is 2.34. The van der Waals surface area contributed by atoms with E-state index in [1.165, 1.54) is 7.11 Å². The van der Waals surface area contributed by atoms with Gasteiger partial charge in [0.2, 0.25) is 15.9 Å². The smallest absolute Gasteiger partial charge is 0.248 e. The van der Waals surface area contributed by atoms with Crippen LogP contribution >= 0.6 is 0 Å². The third-order valence-corrected chi connectivity index (χ3v) is 7.17. The second kappa shape index (κ2) is 7.27. The number of fused-ring (bicyclic) bond motifs is 1. The van der Waals surface area contributed by atoms with Crippen LogP contribution in [0.5, 0.6) is 0 Å². The van der Waals surface area contributed by atoms with Gasteiger partial charge in [-0.2, -0.15) is 0 Å². The Morgan fingerprint density at radius 1 is 1.27 bits per heavy atom. The molecule has 2 rings (SSSR count). The van der Waals surface area contributed by atoms with E-state index in [9.17, 15) is 13.2 Å². The number of rotatable bonds is 5. The van der Waals surface area contributed by atoms with Gasteiger partial charge in [0.25, 0.3) is 0 Å². The second-order valence-corrected chi connectivity index (χ2v) is 8.93. The maximum absolute atomic E-state index is 12.7. The van der Waals surface area contributed by atoms with Crippen LogP contribution in [0.3, 0.4) is 0 Å². The first-order chi connectivity index (χ1) is 10.4. The van der Waals surface area contributed by atoms with Crippen LogP contribution in [0.4, 0.5) is 0 Å². The number of hydrogen-bond donors (Lipinski definition) is 0. The Bertz CT molecular complexity index is 492. The van der Waals surface area contributed by atoms with Crippen LogP contribution in [0.1, 0.15) is 33.1 Å². The third kappa shape index (κ3) is 3.81. The summed E-state index contributed by atoms with van der Waals surface area (Å²) < 4.78 is 31.9. The van der Waals surface area contributed by atoms with E-state index < -0.39 is 10.0 Å². The Kier molecular flexibility index (Phi) is 5.85. The number of methoxy groups -OCH3 is 1. The molecule has 0 saturated carbocycles. The molecular formula is C15H28N2O4S. The number of amides is 1. The van der Waals surface area contributed by atoms with Crippen LogP contribution in [0.2, 0.25) is 0 Å².